The Morgan fingerprint density at radius 2 is 1.92 bits per heavy atom. The predicted octanol–water partition coefficient (Wildman–Crippen LogP) is 4.31. The van der Waals surface area contributed by atoms with Gasteiger partial charge in [0.25, 0.3) is 0 Å². The van der Waals surface area contributed by atoms with Gasteiger partial charge in [-0.2, -0.15) is 0 Å². The lowest BCUT2D eigenvalue weighted by atomic mass is 9.47. The Kier molecular flexibility index (Phi) is 3.95. The molecule has 0 aromatic rings. The van der Waals surface area contributed by atoms with Crippen LogP contribution in [0.5, 0.6) is 0 Å². The van der Waals surface area contributed by atoms with E-state index in [2.05, 4.69) is 25.8 Å². The monoisotopic (exact) mass is 342 g/mol. The summed E-state index contributed by atoms with van der Waals surface area (Å²) in [5.74, 6) is 5.06. The molecule has 0 aromatic carbocycles. The smallest absolute Gasteiger partial charge is 0.125 e. The normalized spacial score (nSPS) is 51.4. The minimum atomic E-state index is -0.981. The van der Waals surface area contributed by atoms with Crippen molar-refractivity contribution >= 4 is 0 Å². The van der Waals surface area contributed by atoms with Crippen molar-refractivity contribution in [3.05, 3.63) is 11.6 Å². The fraction of sp³-hybridized carbons (Fsp3) is 0.826. The van der Waals surface area contributed by atoms with E-state index in [-0.39, 0.29) is 22.9 Å². The average Bonchev–Trinajstić information content (AvgIpc) is 2.93. The van der Waals surface area contributed by atoms with Crippen molar-refractivity contribution in [3.63, 3.8) is 0 Å². The molecule has 2 N–H and O–H groups in total. The van der Waals surface area contributed by atoms with Gasteiger partial charge in [-0.3, -0.25) is 0 Å². The maximum atomic E-state index is 10.8. The highest BCUT2D eigenvalue weighted by atomic mass is 16.3. The van der Waals surface area contributed by atoms with Gasteiger partial charge in [-0.25, -0.2) is 0 Å². The van der Waals surface area contributed by atoms with Crippen LogP contribution in [-0.4, -0.2) is 21.9 Å². The third-order valence-corrected chi connectivity index (χ3v) is 9.05. The first-order chi connectivity index (χ1) is 11.7. The summed E-state index contributed by atoms with van der Waals surface area (Å²) in [7, 11) is 0. The SMILES string of the molecule is C#CC(C)(O)C1CCC2C3CC=C4CC(O)CCC4(C)C3CCC21C. The Bertz CT molecular complexity index is 626. The molecule has 25 heavy (non-hydrogen) atoms. The molecule has 4 rings (SSSR count). The summed E-state index contributed by atoms with van der Waals surface area (Å²) in [6.45, 7) is 6.72. The number of aliphatic hydroxyl groups is 2. The first kappa shape index (κ1) is 17.6. The van der Waals surface area contributed by atoms with Crippen molar-refractivity contribution in [2.24, 2.45) is 34.5 Å². The Hall–Kier alpha value is -0.780. The number of aliphatic hydroxyl groups excluding tert-OH is 1. The molecule has 4 aliphatic carbocycles. The topological polar surface area (TPSA) is 40.5 Å². The van der Waals surface area contributed by atoms with Crippen molar-refractivity contribution < 1.29 is 10.2 Å². The predicted molar refractivity (Wildman–Crippen MR) is 101 cm³/mol. The van der Waals surface area contributed by atoms with Crippen LogP contribution in [0.2, 0.25) is 0 Å². The molecule has 4 aliphatic rings. The molecule has 0 saturated heterocycles. The molecule has 8 atom stereocenters. The van der Waals surface area contributed by atoms with Gasteiger partial charge in [-0.05, 0) is 86.9 Å². The number of allylic oxidation sites excluding steroid dienone is 1. The van der Waals surface area contributed by atoms with Crippen LogP contribution in [0.15, 0.2) is 11.6 Å². The fourth-order valence-electron chi connectivity index (χ4n) is 7.67. The molecule has 0 aromatic heterocycles. The molecule has 0 radical (unpaired) electrons. The van der Waals surface area contributed by atoms with Gasteiger partial charge in [-0.15, -0.1) is 6.42 Å². The molecule has 2 nitrogen and oxygen atoms in total. The van der Waals surface area contributed by atoms with Gasteiger partial charge in [0.2, 0.25) is 0 Å². The van der Waals surface area contributed by atoms with Gasteiger partial charge in [0.1, 0.15) is 5.60 Å². The number of hydrogen-bond acceptors (Lipinski definition) is 2. The van der Waals surface area contributed by atoms with E-state index in [1.165, 1.54) is 24.8 Å². The molecule has 3 fully saturated rings. The molecule has 0 heterocycles. The maximum absolute atomic E-state index is 10.8. The highest BCUT2D eigenvalue weighted by molar-refractivity contribution is 5.26. The van der Waals surface area contributed by atoms with Crippen molar-refractivity contribution in [2.75, 3.05) is 0 Å². The molecule has 0 spiro atoms. The van der Waals surface area contributed by atoms with Crippen LogP contribution in [0.4, 0.5) is 0 Å². The van der Waals surface area contributed by atoms with E-state index in [1.54, 1.807) is 0 Å². The molecule has 0 aliphatic heterocycles. The molecule has 3 saturated carbocycles. The van der Waals surface area contributed by atoms with Gasteiger partial charge in [0.15, 0.2) is 0 Å². The van der Waals surface area contributed by atoms with E-state index in [1.807, 2.05) is 6.92 Å². The van der Waals surface area contributed by atoms with Crippen LogP contribution < -0.4 is 0 Å². The minimum Gasteiger partial charge on any atom is -0.393 e. The molecular formula is C23H34O2. The van der Waals surface area contributed by atoms with Crippen LogP contribution in [0.1, 0.15) is 72.1 Å². The second kappa shape index (κ2) is 5.61. The Morgan fingerprint density at radius 3 is 2.64 bits per heavy atom. The third-order valence-electron chi connectivity index (χ3n) is 9.05. The summed E-state index contributed by atoms with van der Waals surface area (Å²) in [4.78, 5) is 0. The summed E-state index contributed by atoms with van der Waals surface area (Å²) in [6, 6.07) is 0. The molecule has 2 heteroatoms. The van der Waals surface area contributed by atoms with Crippen LogP contribution in [0.3, 0.4) is 0 Å². The van der Waals surface area contributed by atoms with E-state index >= 15 is 0 Å². The van der Waals surface area contributed by atoms with E-state index in [9.17, 15) is 10.2 Å². The molecule has 8 unspecified atom stereocenters. The molecule has 138 valence electrons. The summed E-state index contributed by atoms with van der Waals surface area (Å²) >= 11 is 0. The summed E-state index contributed by atoms with van der Waals surface area (Å²) in [6.07, 6.45) is 16.9. The van der Waals surface area contributed by atoms with Crippen LogP contribution >= 0.6 is 0 Å². The van der Waals surface area contributed by atoms with Crippen molar-refractivity contribution in [2.45, 2.75) is 83.8 Å². The second-order valence-corrected chi connectivity index (χ2v) is 10.1. The van der Waals surface area contributed by atoms with E-state index in [0.717, 1.165) is 43.9 Å². The minimum absolute atomic E-state index is 0.133. The van der Waals surface area contributed by atoms with Gasteiger partial charge < -0.3 is 10.2 Å². The molecule has 0 bridgehead atoms. The van der Waals surface area contributed by atoms with Crippen molar-refractivity contribution in [1.29, 1.82) is 0 Å². The molecule has 0 amide bonds. The first-order valence-electron chi connectivity index (χ1n) is 10.3. The third kappa shape index (κ3) is 2.38. The molecular weight excluding hydrogens is 308 g/mol. The number of terminal acetylenes is 1. The Labute approximate surface area is 153 Å². The number of rotatable bonds is 1. The number of fused-ring (bicyclic) bond motifs is 5. The average molecular weight is 343 g/mol. The summed E-state index contributed by atoms with van der Waals surface area (Å²) in [5.41, 5.74) is 1.01. The van der Waals surface area contributed by atoms with Gasteiger partial charge in [0, 0.05) is 5.92 Å². The lowest BCUT2D eigenvalue weighted by Crippen LogP contribution is -2.52. The van der Waals surface area contributed by atoms with Crippen LogP contribution in [0, 0.1) is 46.8 Å². The quantitative estimate of drug-likeness (QED) is 0.551. The van der Waals surface area contributed by atoms with Gasteiger partial charge in [-0.1, -0.05) is 31.4 Å². The zero-order valence-corrected chi connectivity index (χ0v) is 16.1. The zero-order valence-electron chi connectivity index (χ0n) is 16.1. The van der Waals surface area contributed by atoms with Crippen molar-refractivity contribution in [3.8, 4) is 12.3 Å². The summed E-state index contributed by atoms with van der Waals surface area (Å²) < 4.78 is 0. The standard InChI is InChI=1S/C23H34O2/c1-5-23(4,25)20-9-8-18-17-7-6-15-14-16(24)10-12-21(15,2)19(17)11-13-22(18,20)3/h1,6,16-20,24-25H,7-14H2,2-4H3. The summed E-state index contributed by atoms with van der Waals surface area (Å²) in [5, 5.41) is 20.9. The van der Waals surface area contributed by atoms with Crippen LogP contribution in [0.25, 0.3) is 0 Å². The largest absolute Gasteiger partial charge is 0.393 e. The van der Waals surface area contributed by atoms with Gasteiger partial charge >= 0.3 is 0 Å². The second-order valence-electron chi connectivity index (χ2n) is 10.1. The zero-order chi connectivity index (χ0) is 18.0. The Morgan fingerprint density at radius 1 is 1.16 bits per heavy atom. The highest BCUT2D eigenvalue weighted by Gasteiger charge is 2.61. The Balaban J connectivity index is 1.66. The fourth-order valence-corrected chi connectivity index (χ4v) is 7.67. The first-order valence-corrected chi connectivity index (χ1v) is 10.3. The lowest BCUT2D eigenvalue weighted by Gasteiger charge is -2.58. The maximum Gasteiger partial charge on any atom is 0.125 e. The lowest BCUT2D eigenvalue weighted by molar-refractivity contribution is -0.0826. The number of hydrogen-bond donors (Lipinski definition) is 2. The van der Waals surface area contributed by atoms with E-state index in [0.29, 0.717) is 5.92 Å². The van der Waals surface area contributed by atoms with E-state index in [4.69, 9.17) is 6.42 Å². The van der Waals surface area contributed by atoms with Crippen molar-refractivity contribution in [1.82, 2.24) is 0 Å². The highest BCUT2D eigenvalue weighted by Crippen LogP contribution is 2.67. The van der Waals surface area contributed by atoms with Gasteiger partial charge in [0.05, 0.1) is 6.10 Å². The van der Waals surface area contributed by atoms with Crippen LogP contribution in [-0.2, 0) is 0 Å². The van der Waals surface area contributed by atoms with E-state index < -0.39 is 5.60 Å².